The molecule has 1 fully saturated rings. The van der Waals surface area contributed by atoms with E-state index in [2.05, 4.69) is 5.10 Å². The fourth-order valence-corrected chi connectivity index (χ4v) is 3.21. The number of hydrogen-bond donors (Lipinski definition) is 3. The van der Waals surface area contributed by atoms with Crippen molar-refractivity contribution in [2.45, 2.75) is 23.6 Å². The summed E-state index contributed by atoms with van der Waals surface area (Å²) in [5.41, 5.74) is 0. The topological polar surface area (TPSA) is 133 Å². The number of carboxylic acid groups (broad SMARTS) is 1. The predicted molar refractivity (Wildman–Crippen MR) is 60.6 cm³/mol. The molecule has 1 aromatic rings. The second-order valence-corrected chi connectivity index (χ2v) is 6.16. The quantitative estimate of drug-likeness (QED) is 0.567. The molecule has 2 heterocycles. The molecule has 0 aliphatic carbocycles. The Balaban J connectivity index is 2.20. The van der Waals surface area contributed by atoms with E-state index in [4.69, 9.17) is 5.11 Å². The lowest BCUT2D eigenvalue weighted by Crippen LogP contribution is -2.29. The summed E-state index contributed by atoms with van der Waals surface area (Å²) in [5.74, 6) is -1.14. The molecule has 0 unspecified atom stereocenters. The van der Waals surface area contributed by atoms with E-state index < -0.39 is 34.7 Å². The summed E-state index contributed by atoms with van der Waals surface area (Å²) < 4.78 is 26.2. The Morgan fingerprint density at radius 3 is 2.47 bits per heavy atom. The fourth-order valence-electron chi connectivity index (χ4n) is 1.78. The molecule has 0 aromatic carbocycles. The molecule has 1 aromatic heterocycles. The summed E-state index contributed by atoms with van der Waals surface area (Å²) in [5, 5.41) is 30.9. The summed E-state index contributed by atoms with van der Waals surface area (Å²) in [6.07, 6.45) is -0.108. The van der Waals surface area contributed by atoms with Gasteiger partial charge in [-0.15, -0.1) is 0 Å². The molecule has 0 bridgehead atoms. The molecule has 1 saturated heterocycles. The molecule has 1 aliphatic heterocycles. The number of aliphatic hydroxyl groups excluding tert-OH is 2. The number of nitrogens with zero attached hydrogens (tertiary/aromatic N) is 3. The zero-order valence-corrected chi connectivity index (χ0v) is 10.6. The normalized spacial score (nSPS) is 24.7. The van der Waals surface area contributed by atoms with Crippen molar-refractivity contribution in [3.63, 3.8) is 0 Å². The Labute approximate surface area is 108 Å². The second-order valence-electron chi connectivity index (χ2n) is 4.22. The van der Waals surface area contributed by atoms with Gasteiger partial charge in [-0.25, -0.2) is 8.42 Å². The highest BCUT2D eigenvalue weighted by molar-refractivity contribution is 7.89. The Morgan fingerprint density at radius 2 is 1.95 bits per heavy atom. The van der Waals surface area contributed by atoms with E-state index in [1.807, 2.05) is 0 Å². The zero-order chi connectivity index (χ0) is 14.2. The van der Waals surface area contributed by atoms with Crippen molar-refractivity contribution in [3.8, 4) is 0 Å². The number of carboxylic acids is 1. The predicted octanol–water partition coefficient (Wildman–Crippen LogP) is -2.31. The van der Waals surface area contributed by atoms with E-state index in [0.29, 0.717) is 0 Å². The molecule has 0 spiro atoms. The Morgan fingerprint density at radius 1 is 1.37 bits per heavy atom. The lowest BCUT2D eigenvalue weighted by Gasteiger charge is -2.13. The largest absolute Gasteiger partial charge is 0.480 e. The van der Waals surface area contributed by atoms with Crippen molar-refractivity contribution in [1.29, 1.82) is 0 Å². The average molecular weight is 291 g/mol. The van der Waals surface area contributed by atoms with Crippen LogP contribution < -0.4 is 0 Å². The van der Waals surface area contributed by atoms with E-state index in [1.165, 1.54) is 0 Å². The van der Waals surface area contributed by atoms with Crippen LogP contribution in [-0.4, -0.2) is 69.1 Å². The van der Waals surface area contributed by atoms with E-state index in [9.17, 15) is 23.4 Å². The summed E-state index contributed by atoms with van der Waals surface area (Å²) in [6.45, 7) is -0.845. The van der Waals surface area contributed by atoms with Gasteiger partial charge in [0.1, 0.15) is 11.4 Å². The van der Waals surface area contributed by atoms with Gasteiger partial charge in [0.25, 0.3) is 0 Å². The van der Waals surface area contributed by atoms with Crippen LogP contribution in [0, 0.1) is 0 Å². The van der Waals surface area contributed by atoms with Crippen LogP contribution in [0.4, 0.5) is 0 Å². The third-order valence-electron chi connectivity index (χ3n) is 2.77. The van der Waals surface area contributed by atoms with Crippen molar-refractivity contribution in [3.05, 3.63) is 12.4 Å². The Hall–Kier alpha value is -1.49. The first-order chi connectivity index (χ1) is 8.80. The molecule has 3 N–H and O–H groups in total. The maximum absolute atomic E-state index is 12.1. The SMILES string of the molecule is O=C(O)Cn1cc(S(=O)(=O)N2C[C@@H](O)[C@@H](O)C2)cn1. The number of aliphatic hydroxyl groups is 2. The van der Waals surface area contributed by atoms with E-state index >= 15 is 0 Å². The number of β-amino-alcohol motifs (C(OH)–C–C–N with tert-alkyl or cyclic N) is 2. The van der Waals surface area contributed by atoms with Crippen LogP contribution >= 0.6 is 0 Å². The smallest absolute Gasteiger partial charge is 0.325 e. The summed E-state index contributed by atoms with van der Waals surface area (Å²) in [7, 11) is -3.88. The summed E-state index contributed by atoms with van der Waals surface area (Å²) in [4.78, 5) is 10.3. The third-order valence-corrected chi connectivity index (χ3v) is 4.55. The van der Waals surface area contributed by atoms with Crippen molar-refractivity contribution in [1.82, 2.24) is 14.1 Å². The van der Waals surface area contributed by atoms with Crippen LogP contribution in [0.3, 0.4) is 0 Å². The second kappa shape index (κ2) is 4.89. The van der Waals surface area contributed by atoms with E-state index in [0.717, 1.165) is 21.4 Å². The van der Waals surface area contributed by atoms with Crippen LogP contribution in [0.1, 0.15) is 0 Å². The lowest BCUT2D eigenvalue weighted by molar-refractivity contribution is -0.137. The minimum atomic E-state index is -3.88. The van der Waals surface area contributed by atoms with Gasteiger partial charge in [0.2, 0.25) is 10.0 Å². The van der Waals surface area contributed by atoms with Crippen LogP contribution in [-0.2, 0) is 21.4 Å². The number of sulfonamides is 1. The molecule has 0 radical (unpaired) electrons. The van der Waals surface area contributed by atoms with Gasteiger partial charge >= 0.3 is 5.97 Å². The minimum absolute atomic E-state index is 0.171. The number of rotatable bonds is 4. The first-order valence-corrected chi connectivity index (χ1v) is 6.85. The van der Waals surface area contributed by atoms with Crippen molar-refractivity contribution in [2.75, 3.05) is 13.1 Å². The number of carbonyl (C=O) groups is 1. The van der Waals surface area contributed by atoms with E-state index in [-0.39, 0.29) is 18.0 Å². The molecular weight excluding hydrogens is 278 g/mol. The Kier molecular flexibility index (Phi) is 3.58. The highest BCUT2D eigenvalue weighted by Crippen LogP contribution is 2.20. The third kappa shape index (κ3) is 2.76. The zero-order valence-electron chi connectivity index (χ0n) is 9.75. The molecule has 106 valence electrons. The van der Waals surface area contributed by atoms with Crippen LogP contribution in [0.15, 0.2) is 17.3 Å². The maximum atomic E-state index is 12.1. The average Bonchev–Trinajstić information content (AvgIpc) is 2.87. The standard InChI is InChI=1S/C9H13N3O6S/c13-7-3-12(4-8(7)14)19(17,18)6-1-10-11(2-6)5-9(15)16/h1-2,7-8,13-14H,3-5H2,(H,15,16)/t7-,8+. The van der Waals surface area contributed by atoms with Crippen LogP contribution in [0.5, 0.6) is 0 Å². The van der Waals surface area contributed by atoms with Gasteiger partial charge in [0.15, 0.2) is 0 Å². The molecule has 10 heteroatoms. The van der Waals surface area contributed by atoms with Crippen molar-refractivity contribution in [2.24, 2.45) is 0 Å². The number of hydrogen-bond acceptors (Lipinski definition) is 6. The molecule has 0 saturated carbocycles. The van der Waals surface area contributed by atoms with Crippen LogP contribution in [0.2, 0.25) is 0 Å². The van der Waals surface area contributed by atoms with Gasteiger partial charge in [-0.05, 0) is 0 Å². The lowest BCUT2D eigenvalue weighted by atomic mass is 10.3. The molecule has 9 nitrogen and oxygen atoms in total. The molecule has 2 atom stereocenters. The Bertz CT molecular complexity index is 573. The first-order valence-electron chi connectivity index (χ1n) is 5.41. The maximum Gasteiger partial charge on any atom is 0.325 e. The van der Waals surface area contributed by atoms with Gasteiger partial charge in [0.05, 0.1) is 18.4 Å². The summed E-state index contributed by atoms with van der Waals surface area (Å²) in [6, 6.07) is 0. The van der Waals surface area contributed by atoms with Crippen LogP contribution in [0.25, 0.3) is 0 Å². The highest BCUT2D eigenvalue weighted by atomic mass is 32.2. The molecule has 1 aliphatic rings. The number of aromatic nitrogens is 2. The monoisotopic (exact) mass is 291 g/mol. The molecular formula is C9H13N3O6S. The first kappa shape index (κ1) is 13.9. The van der Waals surface area contributed by atoms with Gasteiger partial charge in [-0.1, -0.05) is 0 Å². The molecule has 19 heavy (non-hydrogen) atoms. The minimum Gasteiger partial charge on any atom is -0.480 e. The van der Waals surface area contributed by atoms with Gasteiger partial charge in [-0.3, -0.25) is 9.48 Å². The molecule has 0 amide bonds. The summed E-state index contributed by atoms with van der Waals surface area (Å²) >= 11 is 0. The fraction of sp³-hybridized carbons (Fsp3) is 0.556. The van der Waals surface area contributed by atoms with Gasteiger partial charge < -0.3 is 15.3 Å². The van der Waals surface area contributed by atoms with Crippen molar-refractivity contribution >= 4 is 16.0 Å². The van der Waals surface area contributed by atoms with Crippen molar-refractivity contribution < 1.29 is 28.5 Å². The van der Waals surface area contributed by atoms with Gasteiger partial charge in [-0.2, -0.15) is 9.40 Å². The molecule has 2 rings (SSSR count). The van der Waals surface area contributed by atoms with Gasteiger partial charge in [0, 0.05) is 19.3 Å². The van der Waals surface area contributed by atoms with E-state index in [1.54, 1.807) is 0 Å². The highest BCUT2D eigenvalue weighted by Gasteiger charge is 2.38. The number of aliphatic carboxylic acids is 1.